The van der Waals surface area contributed by atoms with Gasteiger partial charge in [-0.2, -0.15) is 0 Å². The van der Waals surface area contributed by atoms with E-state index in [1.807, 2.05) is 0 Å². The zero-order valence-electron chi connectivity index (χ0n) is 28.3. The minimum absolute atomic E-state index is 0.0186. The summed E-state index contributed by atoms with van der Waals surface area (Å²) in [5.41, 5.74) is -0.420. The molecule has 0 radical (unpaired) electrons. The molecule has 6 rings (SSSR count). The molecule has 0 aromatic heterocycles. The molecule has 54 heavy (non-hydrogen) atoms. The van der Waals surface area contributed by atoms with Crippen molar-refractivity contribution in [2.75, 3.05) is 0 Å². The van der Waals surface area contributed by atoms with Gasteiger partial charge < -0.3 is 25.0 Å². The van der Waals surface area contributed by atoms with Gasteiger partial charge in [-0.3, -0.25) is 0 Å². The first-order chi connectivity index (χ1) is 25.8. The van der Waals surface area contributed by atoms with Crippen LogP contribution in [0.5, 0.6) is 0 Å². The maximum absolute atomic E-state index is 10.7. The van der Waals surface area contributed by atoms with Crippen LogP contribution in [0, 0.1) is 0 Å². The second kappa shape index (κ2) is 18.3. The highest BCUT2D eigenvalue weighted by Crippen LogP contribution is 2.58. The van der Waals surface area contributed by atoms with E-state index in [9.17, 15) is 32.1 Å². The van der Waals surface area contributed by atoms with Gasteiger partial charge in [0, 0.05) is 0 Å². The van der Waals surface area contributed by atoms with Crippen LogP contribution in [0.4, 0.5) is 0 Å². The molecule has 0 saturated carbocycles. The molecular formula is C41H33O11PS. The summed E-state index contributed by atoms with van der Waals surface area (Å²) in [5.74, 6) is -5.66. The molecular weight excluding hydrogens is 731 g/mol. The number of hydrogen-bond donors (Lipinski definition) is 4. The van der Waals surface area contributed by atoms with Crippen LogP contribution in [0.3, 0.4) is 0 Å². The Balaban J connectivity index is 0.000000199. The third kappa shape index (κ3) is 10.1. The van der Waals surface area contributed by atoms with Crippen molar-refractivity contribution in [1.29, 1.82) is 0 Å². The van der Waals surface area contributed by atoms with Crippen LogP contribution >= 0.6 is 7.26 Å². The van der Waals surface area contributed by atoms with E-state index in [0.29, 0.717) is 0 Å². The number of carbonyl (C=O) groups is 4. The van der Waals surface area contributed by atoms with Gasteiger partial charge in [-0.25, -0.2) is 27.6 Å². The molecule has 274 valence electrons. The summed E-state index contributed by atoms with van der Waals surface area (Å²) in [4.78, 5) is 41.1. The van der Waals surface area contributed by atoms with Crippen molar-refractivity contribution in [3.05, 3.63) is 192 Å². The zero-order valence-corrected chi connectivity index (χ0v) is 30.0. The van der Waals surface area contributed by atoms with E-state index >= 15 is 0 Å². The van der Waals surface area contributed by atoms with Gasteiger partial charge in [0.15, 0.2) is 0 Å². The molecule has 11 nitrogen and oxygen atoms in total. The molecule has 0 fully saturated rings. The number of carboxylic acids is 4. The third-order valence-electron chi connectivity index (χ3n) is 7.95. The number of carboxylic acid groups (broad SMARTS) is 4. The Morgan fingerprint density at radius 2 is 0.870 bits per heavy atom. The smallest absolute Gasteiger partial charge is 0.337 e. The van der Waals surface area contributed by atoms with E-state index < -0.39 is 57.3 Å². The minimum Gasteiger partial charge on any atom is -0.744 e. The van der Waals surface area contributed by atoms with Crippen LogP contribution in [0.1, 0.15) is 47.0 Å². The van der Waals surface area contributed by atoms with Crippen LogP contribution < -0.4 is 15.9 Å². The van der Waals surface area contributed by atoms with Gasteiger partial charge in [-0.1, -0.05) is 97.1 Å². The van der Waals surface area contributed by atoms with Crippen molar-refractivity contribution in [3.8, 4) is 0 Å². The van der Waals surface area contributed by atoms with Gasteiger partial charge in [-0.05, 0) is 72.3 Å². The molecule has 0 aliphatic rings. The fraction of sp³-hybridized carbons (Fsp3) is 0.0244. The maximum atomic E-state index is 10.7. The molecule has 0 saturated heterocycles. The second-order valence-electron chi connectivity index (χ2n) is 11.4. The normalized spacial score (nSPS) is 10.8. The summed E-state index contributed by atoms with van der Waals surface area (Å²) in [5, 5.41) is 38.6. The summed E-state index contributed by atoms with van der Waals surface area (Å²) in [7, 11) is -6.80. The lowest BCUT2D eigenvalue weighted by Gasteiger charge is -2.27. The molecule has 0 bridgehead atoms. The number of aromatic carboxylic acids is 4. The molecule has 0 amide bonds. The van der Waals surface area contributed by atoms with Crippen molar-refractivity contribution in [3.63, 3.8) is 0 Å². The highest BCUT2D eigenvalue weighted by atomic mass is 32.2. The quantitative estimate of drug-likeness (QED) is 0.0906. The Morgan fingerprint density at radius 1 is 0.481 bits per heavy atom. The third-order valence-corrected chi connectivity index (χ3v) is 13.2. The first-order valence-corrected chi connectivity index (χ1v) is 19.3. The average Bonchev–Trinajstić information content (AvgIpc) is 3.18. The highest BCUT2D eigenvalue weighted by molar-refractivity contribution is 7.95. The fourth-order valence-electron chi connectivity index (χ4n) is 5.55. The lowest BCUT2D eigenvalue weighted by Crippen LogP contribution is -2.32. The van der Waals surface area contributed by atoms with Gasteiger partial charge in [0.1, 0.15) is 33.3 Å². The Labute approximate surface area is 311 Å². The largest absolute Gasteiger partial charge is 0.744 e. The molecule has 0 aliphatic heterocycles. The topological polar surface area (TPSA) is 206 Å². The van der Waals surface area contributed by atoms with E-state index in [1.165, 1.54) is 39.7 Å². The lowest BCUT2D eigenvalue weighted by atomic mass is 10.1. The highest BCUT2D eigenvalue weighted by Gasteiger charge is 2.45. The van der Waals surface area contributed by atoms with Crippen molar-refractivity contribution in [1.82, 2.24) is 0 Å². The van der Waals surface area contributed by atoms with Crippen molar-refractivity contribution in [2.45, 2.75) is 11.1 Å². The molecule has 13 heteroatoms. The minimum atomic E-state index is -5.03. The zero-order chi connectivity index (χ0) is 39.3. The molecule has 6 aromatic rings. The number of rotatable bonds is 10. The van der Waals surface area contributed by atoms with Crippen LogP contribution in [-0.4, -0.2) is 57.3 Å². The first kappa shape index (κ1) is 40.3. The van der Waals surface area contributed by atoms with Gasteiger partial charge in [0.05, 0.1) is 33.3 Å². The average molecular weight is 765 g/mol. The van der Waals surface area contributed by atoms with Gasteiger partial charge in [0.2, 0.25) is 0 Å². The number of benzene rings is 6. The van der Waals surface area contributed by atoms with Crippen LogP contribution in [0.25, 0.3) is 0 Å². The summed E-state index contributed by atoms with van der Waals surface area (Å²) >= 11 is 0. The molecule has 0 unspecified atom stereocenters. The SMILES string of the molecule is O=C(O)c1cccc(C(=O)O)c1.O=C(O)c1cccc(S(=O)(=O)[O-])c1C(=O)O.c1ccc(C[P+](c2ccccc2)(c2ccccc2)c2ccccc2)cc1. The standard InChI is InChI=1S/C25H22P.C8H6O7S.C8H6O4/c1-5-13-22(14-6-1)21-26(23-15-7-2-8-16-23,24-17-9-3-10-18-24)25-19-11-4-12-20-25;9-7(10)4-2-1-3-5(16(13,14)15)6(4)8(11)12;9-7(10)5-2-1-3-6(4-5)8(11)12/h1-20H,21H2;1-3H,(H,9,10)(H,11,12)(H,13,14,15);1-4H,(H,9,10)(H,11,12)/q+1;;/p-1. The number of hydrogen-bond acceptors (Lipinski definition) is 7. The van der Waals surface area contributed by atoms with E-state index in [0.717, 1.165) is 30.4 Å². The van der Waals surface area contributed by atoms with Crippen LogP contribution in [0.15, 0.2) is 169 Å². The van der Waals surface area contributed by atoms with Gasteiger partial charge >= 0.3 is 23.9 Å². The predicted octanol–water partition coefficient (Wildman–Crippen LogP) is 6.25. The molecule has 4 N–H and O–H groups in total. The maximum Gasteiger partial charge on any atom is 0.337 e. The van der Waals surface area contributed by atoms with Crippen molar-refractivity contribution < 1.29 is 52.6 Å². The van der Waals surface area contributed by atoms with E-state index in [-0.39, 0.29) is 11.1 Å². The van der Waals surface area contributed by atoms with Gasteiger partial charge in [-0.15, -0.1) is 0 Å². The summed E-state index contributed by atoms with van der Waals surface area (Å²) < 4.78 is 32.2. The van der Waals surface area contributed by atoms with Gasteiger partial charge in [0.25, 0.3) is 0 Å². The molecule has 0 atom stereocenters. The van der Waals surface area contributed by atoms with E-state index in [4.69, 9.17) is 20.4 Å². The monoisotopic (exact) mass is 764 g/mol. The first-order valence-electron chi connectivity index (χ1n) is 16.0. The summed E-state index contributed by atoms with van der Waals surface area (Å²) in [6.45, 7) is 0. The Bertz CT molecular complexity index is 2210. The fourth-order valence-corrected chi connectivity index (χ4v) is 10.5. The lowest BCUT2D eigenvalue weighted by molar-refractivity contribution is 0.0648. The van der Waals surface area contributed by atoms with E-state index in [2.05, 4.69) is 121 Å². The molecule has 0 aliphatic carbocycles. The van der Waals surface area contributed by atoms with E-state index in [1.54, 1.807) is 0 Å². The Kier molecular flexibility index (Phi) is 13.7. The van der Waals surface area contributed by atoms with Crippen LogP contribution in [-0.2, 0) is 16.3 Å². The van der Waals surface area contributed by atoms with Crippen LogP contribution in [0.2, 0.25) is 0 Å². The second-order valence-corrected chi connectivity index (χ2v) is 16.2. The Morgan fingerprint density at radius 3 is 1.22 bits per heavy atom. The summed E-state index contributed by atoms with van der Waals surface area (Å²) in [6.07, 6.45) is 1.03. The van der Waals surface area contributed by atoms with Crippen molar-refractivity contribution >= 4 is 57.2 Å². The van der Waals surface area contributed by atoms with Crippen molar-refractivity contribution in [2.24, 2.45) is 0 Å². The molecule has 6 aromatic carbocycles. The molecule has 0 spiro atoms. The summed E-state index contributed by atoms with van der Waals surface area (Å²) in [6, 6.07) is 51.9. The Hall–Kier alpha value is -6.46. The predicted molar refractivity (Wildman–Crippen MR) is 204 cm³/mol. The molecule has 0 heterocycles.